The number of rotatable bonds is 5. The van der Waals surface area contributed by atoms with Crippen LogP contribution < -0.4 is 14.8 Å². The summed E-state index contributed by atoms with van der Waals surface area (Å²) in [5.41, 5.74) is 2.49. The predicted octanol–water partition coefficient (Wildman–Crippen LogP) is 3.51. The van der Waals surface area contributed by atoms with Crippen LogP contribution >= 0.6 is 22.9 Å². The average Bonchev–Trinajstić information content (AvgIpc) is 2.97. The van der Waals surface area contributed by atoms with Crippen LogP contribution in [0.25, 0.3) is 0 Å². The Morgan fingerprint density at radius 1 is 1.20 bits per heavy atom. The molecule has 2 heterocycles. The Kier molecular flexibility index (Phi) is 4.45. The maximum atomic E-state index is 6.22. The van der Waals surface area contributed by atoms with Gasteiger partial charge >= 0.3 is 0 Å². The Labute approximate surface area is 127 Å². The maximum Gasteiger partial charge on any atom is 0.179 e. The van der Waals surface area contributed by atoms with Gasteiger partial charge in [-0.15, -0.1) is 0 Å². The highest BCUT2D eigenvalue weighted by Crippen LogP contribution is 2.38. The van der Waals surface area contributed by atoms with Gasteiger partial charge in [-0.25, -0.2) is 0 Å². The molecule has 0 fully saturated rings. The van der Waals surface area contributed by atoms with E-state index in [4.69, 9.17) is 21.1 Å². The molecule has 0 unspecified atom stereocenters. The minimum atomic E-state index is 0.564. The molecule has 0 spiro atoms. The van der Waals surface area contributed by atoms with Crippen LogP contribution in [0.1, 0.15) is 11.1 Å². The van der Waals surface area contributed by atoms with E-state index in [2.05, 4.69) is 22.1 Å². The van der Waals surface area contributed by atoms with E-state index in [1.54, 1.807) is 11.3 Å². The molecule has 0 radical (unpaired) electrons. The molecule has 2 aromatic rings. The van der Waals surface area contributed by atoms with Gasteiger partial charge in [-0.05, 0) is 53.1 Å². The van der Waals surface area contributed by atoms with Gasteiger partial charge in [-0.3, -0.25) is 0 Å². The minimum Gasteiger partial charge on any atom is -0.486 e. The van der Waals surface area contributed by atoms with Crippen molar-refractivity contribution >= 4 is 22.9 Å². The second-order valence-electron chi connectivity index (χ2n) is 4.66. The molecular weight excluding hydrogens is 294 g/mol. The number of hydrogen-bond donors (Lipinski definition) is 1. The van der Waals surface area contributed by atoms with E-state index in [-0.39, 0.29) is 0 Å². The second kappa shape index (κ2) is 6.48. The van der Waals surface area contributed by atoms with E-state index in [0.717, 1.165) is 30.8 Å². The van der Waals surface area contributed by atoms with Crippen molar-refractivity contribution in [3.05, 3.63) is 45.1 Å². The Balaban J connectivity index is 1.56. The molecule has 3 nitrogen and oxygen atoms in total. The summed E-state index contributed by atoms with van der Waals surface area (Å²) in [6.07, 6.45) is 0.917. The Morgan fingerprint density at radius 2 is 2.10 bits per heavy atom. The summed E-state index contributed by atoms with van der Waals surface area (Å²) in [4.78, 5) is 0. The first-order chi connectivity index (χ1) is 9.83. The number of benzene rings is 1. The molecule has 1 N–H and O–H groups in total. The number of hydrogen-bond acceptors (Lipinski definition) is 4. The summed E-state index contributed by atoms with van der Waals surface area (Å²) in [5.74, 6) is 1.43. The molecule has 1 aliphatic heterocycles. The van der Waals surface area contributed by atoms with Gasteiger partial charge in [0.1, 0.15) is 13.2 Å². The number of thiophene rings is 1. The van der Waals surface area contributed by atoms with Gasteiger partial charge < -0.3 is 14.8 Å². The highest BCUT2D eigenvalue weighted by atomic mass is 35.5. The van der Waals surface area contributed by atoms with Gasteiger partial charge in [0, 0.05) is 6.54 Å². The third-order valence-corrected chi connectivity index (χ3v) is 4.17. The molecule has 20 heavy (non-hydrogen) atoms. The monoisotopic (exact) mass is 309 g/mol. The smallest absolute Gasteiger partial charge is 0.179 e. The van der Waals surface area contributed by atoms with Crippen molar-refractivity contribution in [2.24, 2.45) is 0 Å². The number of halogens is 1. The zero-order valence-electron chi connectivity index (χ0n) is 11.0. The van der Waals surface area contributed by atoms with Crippen molar-refractivity contribution in [3.8, 4) is 11.5 Å². The van der Waals surface area contributed by atoms with E-state index in [1.807, 2.05) is 12.1 Å². The largest absolute Gasteiger partial charge is 0.486 e. The lowest BCUT2D eigenvalue weighted by molar-refractivity contribution is 0.171. The van der Waals surface area contributed by atoms with E-state index in [0.29, 0.717) is 24.0 Å². The molecule has 0 bridgehead atoms. The fraction of sp³-hybridized carbons (Fsp3) is 0.333. The van der Waals surface area contributed by atoms with Crippen LogP contribution in [0.15, 0.2) is 29.0 Å². The van der Waals surface area contributed by atoms with Crippen LogP contribution in [-0.4, -0.2) is 19.8 Å². The number of fused-ring (bicyclic) bond motifs is 1. The van der Waals surface area contributed by atoms with Gasteiger partial charge in [-0.1, -0.05) is 11.6 Å². The standard InChI is InChI=1S/C15H16ClNO2S/c16-13-7-11(8-14-15(13)19-5-4-18-14)1-3-17-9-12-2-6-20-10-12/h2,6-8,10,17H,1,3-5,9H2. The highest BCUT2D eigenvalue weighted by molar-refractivity contribution is 7.07. The summed E-state index contributed by atoms with van der Waals surface area (Å²) < 4.78 is 11.1. The molecule has 5 heteroatoms. The van der Waals surface area contributed by atoms with Crippen LogP contribution in [0.5, 0.6) is 11.5 Å². The van der Waals surface area contributed by atoms with Crippen LogP contribution in [-0.2, 0) is 13.0 Å². The molecular formula is C15H16ClNO2S. The Hall–Kier alpha value is -1.23. The Bertz CT molecular complexity index is 572. The molecule has 1 aromatic carbocycles. The molecule has 0 aliphatic carbocycles. The lowest BCUT2D eigenvalue weighted by Crippen LogP contribution is -2.18. The molecule has 0 saturated carbocycles. The van der Waals surface area contributed by atoms with Crippen molar-refractivity contribution in [1.82, 2.24) is 5.32 Å². The Morgan fingerprint density at radius 3 is 2.95 bits per heavy atom. The third-order valence-electron chi connectivity index (χ3n) is 3.16. The minimum absolute atomic E-state index is 0.564. The third kappa shape index (κ3) is 3.26. The SMILES string of the molecule is Clc1cc(CCNCc2ccsc2)cc2c1OCCO2. The van der Waals surface area contributed by atoms with Crippen molar-refractivity contribution in [1.29, 1.82) is 0 Å². The molecule has 1 aliphatic rings. The first-order valence-corrected chi connectivity index (χ1v) is 7.95. The number of ether oxygens (including phenoxy) is 2. The van der Waals surface area contributed by atoms with Crippen molar-refractivity contribution in [2.45, 2.75) is 13.0 Å². The predicted molar refractivity (Wildman–Crippen MR) is 82.2 cm³/mol. The summed E-state index contributed by atoms with van der Waals surface area (Å²) in [5, 5.41) is 8.32. The zero-order chi connectivity index (χ0) is 13.8. The van der Waals surface area contributed by atoms with E-state index >= 15 is 0 Å². The second-order valence-corrected chi connectivity index (χ2v) is 5.85. The first kappa shape index (κ1) is 13.7. The normalized spacial score (nSPS) is 13.4. The van der Waals surface area contributed by atoms with Crippen LogP contribution in [0, 0.1) is 0 Å². The van der Waals surface area contributed by atoms with Gasteiger partial charge in [0.25, 0.3) is 0 Å². The topological polar surface area (TPSA) is 30.5 Å². The fourth-order valence-electron chi connectivity index (χ4n) is 2.17. The van der Waals surface area contributed by atoms with Gasteiger partial charge in [-0.2, -0.15) is 11.3 Å². The van der Waals surface area contributed by atoms with Crippen molar-refractivity contribution in [2.75, 3.05) is 19.8 Å². The lowest BCUT2D eigenvalue weighted by atomic mass is 10.1. The molecule has 106 valence electrons. The van der Waals surface area contributed by atoms with Crippen LogP contribution in [0.3, 0.4) is 0 Å². The molecule has 3 rings (SSSR count). The summed E-state index contributed by atoms with van der Waals surface area (Å²) >= 11 is 7.94. The first-order valence-electron chi connectivity index (χ1n) is 6.63. The number of nitrogens with one attached hydrogen (secondary N) is 1. The van der Waals surface area contributed by atoms with E-state index in [1.165, 1.54) is 5.56 Å². The van der Waals surface area contributed by atoms with Crippen molar-refractivity contribution in [3.63, 3.8) is 0 Å². The summed E-state index contributed by atoms with van der Waals surface area (Å²) in [6.45, 7) is 2.96. The van der Waals surface area contributed by atoms with Crippen LogP contribution in [0.4, 0.5) is 0 Å². The zero-order valence-corrected chi connectivity index (χ0v) is 12.6. The van der Waals surface area contributed by atoms with Crippen LogP contribution in [0.2, 0.25) is 5.02 Å². The molecule has 1 aromatic heterocycles. The quantitative estimate of drug-likeness (QED) is 0.857. The van der Waals surface area contributed by atoms with E-state index < -0.39 is 0 Å². The van der Waals surface area contributed by atoms with Gasteiger partial charge in [0.2, 0.25) is 0 Å². The van der Waals surface area contributed by atoms with Gasteiger partial charge in [0.05, 0.1) is 5.02 Å². The average molecular weight is 310 g/mol. The fourth-order valence-corrected chi connectivity index (χ4v) is 3.12. The molecule has 0 atom stereocenters. The summed E-state index contributed by atoms with van der Waals surface area (Å²) in [7, 11) is 0. The van der Waals surface area contributed by atoms with Gasteiger partial charge in [0.15, 0.2) is 11.5 Å². The maximum absolute atomic E-state index is 6.22. The highest BCUT2D eigenvalue weighted by Gasteiger charge is 2.16. The summed E-state index contributed by atoms with van der Waals surface area (Å²) in [6, 6.07) is 6.12. The molecule has 0 amide bonds. The lowest BCUT2D eigenvalue weighted by Gasteiger charge is -2.20. The molecule has 0 saturated heterocycles. The van der Waals surface area contributed by atoms with Crippen molar-refractivity contribution < 1.29 is 9.47 Å². The van der Waals surface area contributed by atoms with E-state index in [9.17, 15) is 0 Å².